The Bertz CT molecular complexity index is 1240. The molecular formula is C26H28N2O5S. The van der Waals surface area contributed by atoms with Gasteiger partial charge in [0.25, 0.3) is 0 Å². The van der Waals surface area contributed by atoms with Gasteiger partial charge in [-0.1, -0.05) is 30.3 Å². The fourth-order valence-corrected chi connectivity index (χ4v) is 5.49. The van der Waals surface area contributed by atoms with Crippen molar-refractivity contribution < 1.29 is 22.7 Å². The van der Waals surface area contributed by atoms with Crippen molar-refractivity contribution in [3.63, 3.8) is 0 Å². The van der Waals surface area contributed by atoms with Crippen molar-refractivity contribution in [1.82, 2.24) is 4.31 Å². The lowest BCUT2D eigenvalue weighted by atomic mass is 10.1. The molecule has 8 heteroatoms. The van der Waals surface area contributed by atoms with E-state index in [0.29, 0.717) is 48.0 Å². The molecule has 1 saturated heterocycles. The van der Waals surface area contributed by atoms with Gasteiger partial charge >= 0.3 is 0 Å². The third-order valence-electron chi connectivity index (χ3n) is 5.71. The monoisotopic (exact) mass is 480 g/mol. The first-order chi connectivity index (χ1) is 16.5. The molecular weight excluding hydrogens is 452 g/mol. The lowest BCUT2D eigenvalue weighted by Crippen LogP contribution is -2.28. The Balaban J connectivity index is 1.45. The second-order valence-corrected chi connectivity index (χ2v) is 9.98. The molecule has 0 bridgehead atoms. The number of ether oxygens (including phenoxy) is 2. The number of hydrogen-bond acceptors (Lipinski definition) is 5. The van der Waals surface area contributed by atoms with Gasteiger partial charge in [-0.05, 0) is 67.3 Å². The first kappa shape index (κ1) is 23.8. The van der Waals surface area contributed by atoms with Crippen LogP contribution in [0.15, 0.2) is 77.7 Å². The van der Waals surface area contributed by atoms with Crippen molar-refractivity contribution in [2.24, 2.45) is 0 Å². The van der Waals surface area contributed by atoms with Crippen molar-refractivity contribution in [3.8, 4) is 17.2 Å². The summed E-state index contributed by atoms with van der Waals surface area (Å²) in [5, 5.41) is 2.90. The zero-order chi connectivity index (χ0) is 24.0. The van der Waals surface area contributed by atoms with Crippen LogP contribution in [0.3, 0.4) is 0 Å². The third-order valence-corrected chi connectivity index (χ3v) is 7.60. The molecule has 0 spiro atoms. The number of carbonyl (C=O) groups is 1. The quantitative estimate of drug-likeness (QED) is 0.474. The molecule has 1 amide bonds. The smallest absolute Gasteiger partial charge is 0.243 e. The van der Waals surface area contributed by atoms with E-state index in [2.05, 4.69) is 5.32 Å². The van der Waals surface area contributed by atoms with Crippen molar-refractivity contribution in [2.45, 2.75) is 30.6 Å². The topological polar surface area (TPSA) is 84.9 Å². The van der Waals surface area contributed by atoms with Crippen molar-refractivity contribution in [3.05, 3.63) is 78.4 Å². The molecule has 0 aromatic heterocycles. The maximum Gasteiger partial charge on any atom is 0.243 e. The Kier molecular flexibility index (Phi) is 7.49. The molecule has 7 nitrogen and oxygen atoms in total. The summed E-state index contributed by atoms with van der Waals surface area (Å²) in [5.41, 5.74) is 1.24. The summed E-state index contributed by atoms with van der Waals surface area (Å²) in [5.74, 6) is 1.56. The highest BCUT2D eigenvalue weighted by molar-refractivity contribution is 7.89. The summed E-state index contributed by atoms with van der Waals surface area (Å²) in [6, 6.07) is 21.4. The van der Waals surface area contributed by atoms with Gasteiger partial charge in [0.15, 0.2) is 5.75 Å². The Hall–Kier alpha value is -3.36. The summed E-state index contributed by atoms with van der Waals surface area (Å²) in [7, 11) is -2.02. The van der Waals surface area contributed by atoms with Gasteiger partial charge in [0, 0.05) is 19.5 Å². The van der Waals surface area contributed by atoms with Crippen LogP contribution in [0.1, 0.15) is 24.8 Å². The average Bonchev–Trinajstić information content (AvgIpc) is 3.40. The van der Waals surface area contributed by atoms with Gasteiger partial charge in [-0.15, -0.1) is 0 Å². The number of nitrogens with zero attached hydrogens (tertiary/aromatic N) is 1. The molecule has 1 aliphatic rings. The molecule has 3 aromatic carbocycles. The second-order valence-electron chi connectivity index (χ2n) is 8.04. The molecule has 0 aliphatic carbocycles. The van der Waals surface area contributed by atoms with Crippen molar-refractivity contribution in [2.75, 3.05) is 25.5 Å². The second kappa shape index (κ2) is 10.7. The Labute approximate surface area is 200 Å². The van der Waals surface area contributed by atoms with E-state index < -0.39 is 10.0 Å². The molecule has 4 rings (SSSR count). The standard InChI is InChI=1S/C26H28N2O5S/c1-32-24-15-14-22(34(30,31)28-17-7-8-18-28)19-20(24)13-16-26(29)27-23-11-5-6-12-25(23)33-21-9-3-2-4-10-21/h2-6,9-12,14-15,19H,7-8,13,16-18H2,1H3,(H,27,29). The largest absolute Gasteiger partial charge is 0.496 e. The van der Waals surface area contributed by atoms with E-state index in [0.717, 1.165) is 12.8 Å². The van der Waals surface area contributed by atoms with E-state index in [4.69, 9.17) is 9.47 Å². The van der Waals surface area contributed by atoms with Crippen molar-refractivity contribution >= 4 is 21.6 Å². The lowest BCUT2D eigenvalue weighted by Gasteiger charge is -2.17. The number of aryl methyl sites for hydroxylation is 1. The molecule has 34 heavy (non-hydrogen) atoms. The molecule has 1 aliphatic heterocycles. The van der Waals surface area contributed by atoms with Crippen LogP contribution in [-0.4, -0.2) is 38.8 Å². The Morgan fingerprint density at radius 1 is 0.941 bits per heavy atom. The highest BCUT2D eigenvalue weighted by Crippen LogP contribution is 2.30. The lowest BCUT2D eigenvalue weighted by molar-refractivity contribution is -0.116. The third kappa shape index (κ3) is 5.58. The SMILES string of the molecule is COc1ccc(S(=O)(=O)N2CCCC2)cc1CCC(=O)Nc1ccccc1Oc1ccccc1. The van der Waals surface area contributed by atoms with Gasteiger partial charge in [-0.25, -0.2) is 8.42 Å². The van der Waals surface area contributed by atoms with Crippen LogP contribution in [0.5, 0.6) is 17.2 Å². The van der Waals surface area contributed by atoms with Crippen LogP contribution in [0.2, 0.25) is 0 Å². The van der Waals surface area contributed by atoms with Crippen LogP contribution < -0.4 is 14.8 Å². The first-order valence-corrected chi connectivity index (χ1v) is 12.7. The summed E-state index contributed by atoms with van der Waals surface area (Å²) < 4.78 is 38.7. The Morgan fingerprint density at radius 2 is 1.65 bits per heavy atom. The van der Waals surface area contributed by atoms with E-state index in [1.807, 2.05) is 42.5 Å². The number of para-hydroxylation sites is 3. The number of sulfonamides is 1. The number of anilines is 1. The van der Waals surface area contributed by atoms with Gasteiger partial charge in [0.05, 0.1) is 17.7 Å². The highest BCUT2D eigenvalue weighted by Gasteiger charge is 2.27. The van der Waals surface area contributed by atoms with E-state index in [1.165, 1.54) is 11.4 Å². The number of hydrogen-bond donors (Lipinski definition) is 1. The van der Waals surface area contributed by atoms with Crippen LogP contribution in [-0.2, 0) is 21.2 Å². The number of carbonyl (C=O) groups excluding carboxylic acids is 1. The molecule has 3 aromatic rings. The summed E-state index contributed by atoms with van der Waals surface area (Å²) in [6.45, 7) is 1.08. The first-order valence-electron chi connectivity index (χ1n) is 11.3. The zero-order valence-corrected chi connectivity index (χ0v) is 19.9. The fourth-order valence-electron chi connectivity index (χ4n) is 3.92. The molecule has 0 unspecified atom stereocenters. The minimum Gasteiger partial charge on any atom is -0.496 e. The summed E-state index contributed by atoms with van der Waals surface area (Å²) >= 11 is 0. The molecule has 1 fully saturated rings. The van der Waals surface area contributed by atoms with Crippen LogP contribution in [0, 0.1) is 0 Å². The summed E-state index contributed by atoms with van der Waals surface area (Å²) in [6.07, 6.45) is 2.24. The molecule has 178 valence electrons. The van der Waals surface area contributed by atoms with E-state index >= 15 is 0 Å². The number of nitrogens with one attached hydrogen (secondary N) is 1. The Morgan fingerprint density at radius 3 is 2.38 bits per heavy atom. The minimum atomic E-state index is -3.55. The summed E-state index contributed by atoms with van der Waals surface area (Å²) in [4.78, 5) is 13.0. The predicted molar refractivity (Wildman–Crippen MR) is 131 cm³/mol. The minimum absolute atomic E-state index is 0.156. The predicted octanol–water partition coefficient (Wildman–Crippen LogP) is 4.84. The van der Waals surface area contributed by atoms with Gasteiger partial charge in [0.1, 0.15) is 11.5 Å². The van der Waals surface area contributed by atoms with E-state index in [1.54, 1.807) is 30.3 Å². The van der Waals surface area contributed by atoms with Gasteiger partial charge in [0.2, 0.25) is 15.9 Å². The molecule has 0 radical (unpaired) electrons. The molecule has 0 atom stereocenters. The van der Waals surface area contributed by atoms with Crippen LogP contribution in [0.4, 0.5) is 5.69 Å². The van der Waals surface area contributed by atoms with E-state index in [-0.39, 0.29) is 17.2 Å². The van der Waals surface area contributed by atoms with Crippen LogP contribution in [0.25, 0.3) is 0 Å². The molecule has 0 saturated carbocycles. The van der Waals surface area contributed by atoms with Crippen molar-refractivity contribution in [1.29, 1.82) is 0 Å². The maximum atomic E-state index is 12.9. The number of rotatable bonds is 9. The van der Waals surface area contributed by atoms with Gasteiger partial charge in [-0.2, -0.15) is 4.31 Å². The normalized spacial score (nSPS) is 14.0. The fraction of sp³-hybridized carbons (Fsp3) is 0.269. The number of amides is 1. The van der Waals surface area contributed by atoms with Gasteiger partial charge in [-0.3, -0.25) is 4.79 Å². The average molecular weight is 481 g/mol. The number of methoxy groups -OCH3 is 1. The molecule has 1 N–H and O–H groups in total. The zero-order valence-electron chi connectivity index (χ0n) is 19.1. The van der Waals surface area contributed by atoms with Crippen LogP contribution >= 0.6 is 0 Å². The molecule has 1 heterocycles. The maximum absolute atomic E-state index is 12.9. The van der Waals surface area contributed by atoms with Gasteiger partial charge < -0.3 is 14.8 Å². The van der Waals surface area contributed by atoms with E-state index in [9.17, 15) is 13.2 Å². The highest BCUT2D eigenvalue weighted by atomic mass is 32.2. The number of benzene rings is 3.